The zero-order chi connectivity index (χ0) is 20.1. The van der Waals surface area contributed by atoms with Gasteiger partial charge in [0.05, 0.1) is 19.3 Å². The minimum atomic E-state index is -0.174. The van der Waals surface area contributed by atoms with Gasteiger partial charge in [0.15, 0.2) is 5.69 Å². The lowest BCUT2D eigenvalue weighted by Crippen LogP contribution is -2.34. The summed E-state index contributed by atoms with van der Waals surface area (Å²) in [5.74, 6) is 1.13. The second kappa shape index (κ2) is 9.05. The van der Waals surface area contributed by atoms with Gasteiger partial charge in [-0.2, -0.15) is 0 Å². The molecule has 1 aromatic heterocycles. The van der Waals surface area contributed by atoms with Gasteiger partial charge < -0.3 is 15.2 Å². The molecule has 0 unspecified atom stereocenters. The van der Waals surface area contributed by atoms with Crippen molar-refractivity contribution in [3.05, 3.63) is 35.7 Å². The average Bonchev–Trinajstić information content (AvgIpc) is 3.18. The SMILES string of the molecule is COc1ccc(CN2CCC(n3cc(C(=O)NCC(C)C)nn3)CC2)c(O)c1. The standard InChI is InChI=1S/C20H29N5O3/c1-14(2)11-21-20(27)18-13-25(23-22-18)16-6-8-24(9-7-16)12-15-4-5-17(28-3)10-19(15)26/h4-5,10,13-14,16,26H,6-9,11-12H2,1-3H3,(H,21,27). The summed E-state index contributed by atoms with van der Waals surface area (Å²) in [6.45, 7) is 7.22. The molecule has 28 heavy (non-hydrogen) atoms. The highest BCUT2D eigenvalue weighted by molar-refractivity contribution is 5.91. The van der Waals surface area contributed by atoms with E-state index in [2.05, 4.69) is 34.4 Å². The van der Waals surface area contributed by atoms with Crippen LogP contribution in [-0.2, 0) is 6.54 Å². The number of nitrogens with one attached hydrogen (secondary N) is 1. The third-order valence-corrected chi connectivity index (χ3v) is 5.03. The third kappa shape index (κ3) is 5.01. The molecule has 0 spiro atoms. The van der Waals surface area contributed by atoms with Gasteiger partial charge in [-0.05, 0) is 24.8 Å². The molecule has 1 aromatic carbocycles. The topological polar surface area (TPSA) is 92.5 Å². The van der Waals surface area contributed by atoms with Gasteiger partial charge in [-0.3, -0.25) is 9.69 Å². The Kier molecular flexibility index (Phi) is 6.51. The van der Waals surface area contributed by atoms with Crippen LogP contribution in [0.3, 0.4) is 0 Å². The third-order valence-electron chi connectivity index (χ3n) is 5.03. The number of piperidine rings is 1. The number of amides is 1. The summed E-state index contributed by atoms with van der Waals surface area (Å²) in [7, 11) is 1.59. The number of rotatable bonds is 7. The highest BCUT2D eigenvalue weighted by Crippen LogP contribution is 2.27. The molecule has 1 fully saturated rings. The quantitative estimate of drug-likeness (QED) is 0.757. The van der Waals surface area contributed by atoms with Crippen LogP contribution in [0.25, 0.3) is 0 Å². The highest BCUT2D eigenvalue weighted by atomic mass is 16.5. The van der Waals surface area contributed by atoms with Crippen LogP contribution in [0.4, 0.5) is 0 Å². The van der Waals surface area contributed by atoms with Crippen molar-refractivity contribution in [1.29, 1.82) is 0 Å². The number of benzene rings is 1. The molecule has 152 valence electrons. The summed E-state index contributed by atoms with van der Waals surface area (Å²) in [4.78, 5) is 14.4. The van der Waals surface area contributed by atoms with Crippen LogP contribution >= 0.6 is 0 Å². The van der Waals surface area contributed by atoms with E-state index in [0.29, 0.717) is 30.5 Å². The van der Waals surface area contributed by atoms with Gasteiger partial charge >= 0.3 is 0 Å². The van der Waals surface area contributed by atoms with Crippen LogP contribution in [0.5, 0.6) is 11.5 Å². The van der Waals surface area contributed by atoms with E-state index in [4.69, 9.17) is 4.74 Å². The number of carbonyl (C=O) groups is 1. The first-order chi connectivity index (χ1) is 13.5. The number of phenolic OH excluding ortho intramolecular Hbond substituents is 1. The Morgan fingerprint density at radius 3 is 2.75 bits per heavy atom. The van der Waals surface area contributed by atoms with Crippen molar-refractivity contribution in [2.24, 2.45) is 5.92 Å². The van der Waals surface area contributed by atoms with Crippen molar-refractivity contribution in [2.75, 3.05) is 26.7 Å². The molecule has 0 aliphatic carbocycles. The number of hydrogen-bond donors (Lipinski definition) is 2. The van der Waals surface area contributed by atoms with Crippen LogP contribution in [0.1, 0.15) is 48.8 Å². The number of phenols is 1. The number of carbonyl (C=O) groups excluding carboxylic acids is 1. The van der Waals surface area contributed by atoms with Crippen LogP contribution in [0.15, 0.2) is 24.4 Å². The molecule has 1 amide bonds. The molecule has 8 heteroatoms. The fourth-order valence-electron chi connectivity index (χ4n) is 3.33. The maximum Gasteiger partial charge on any atom is 0.273 e. The molecule has 1 aliphatic rings. The molecule has 0 radical (unpaired) electrons. The van der Waals surface area contributed by atoms with Gasteiger partial charge in [0.1, 0.15) is 11.5 Å². The molecule has 2 aromatic rings. The van der Waals surface area contributed by atoms with E-state index in [-0.39, 0.29) is 17.7 Å². The molecule has 3 rings (SSSR count). The summed E-state index contributed by atoms with van der Waals surface area (Å²) >= 11 is 0. The molecule has 8 nitrogen and oxygen atoms in total. The lowest BCUT2D eigenvalue weighted by molar-refractivity contribution is 0.0944. The smallest absolute Gasteiger partial charge is 0.273 e. The highest BCUT2D eigenvalue weighted by Gasteiger charge is 2.23. The summed E-state index contributed by atoms with van der Waals surface area (Å²) < 4.78 is 6.94. The van der Waals surface area contributed by atoms with Crippen molar-refractivity contribution < 1.29 is 14.6 Å². The maximum absolute atomic E-state index is 12.1. The lowest BCUT2D eigenvalue weighted by atomic mass is 10.0. The average molecular weight is 387 g/mol. The van der Waals surface area contributed by atoms with Gasteiger partial charge in [-0.1, -0.05) is 25.1 Å². The first-order valence-corrected chi connectivity index (χ1v) is 9.74. The zero-order valence-corrected chi connectivity index (χ0v) is 16.8. The number of ether oxygens (including phenoxy) is 1. The Balaban J connectivity index is 1.52. The number of aromatic hydroxyl groups is 1. The van der Waals surface area contributed by atoms with Gasteiger partial charge in [-0.25, -0.2) is 4.68 Å². The first-order valence-electron chi connectivity index (χ1n) is 9.74. The van der Waals surface area contributed by atoms with Crippen LogP contribution < -0.4 is 10.1 Å². The Hall–Kier alpha value is -2.61. The number of aromatic nitrogens is 3. The van der Waals surface area contributed by atoms with E-state index in [1.807, 2.05) is 16.8 Å². The van der Waals surface area contributed by atoms with Crippen molar-refractivity contribution >= 4 is 5.91 Å². The number of likely N-dealkylation sites (tertiary alicyclic amines) is 1. The second-order valence-electron chi connectivity index (χ2n) is 7.69. The molecular formula is C20H29N5O3. The normalized spacial score (nSPS) is 15.7. The van der Waals surface area contributed by atoms with Gasteiger partial charge in [-0.15, -0.1) is 5.10 Å². The largest absolute Gasteiger partial charge is 0.507 e. The second-order valence-corrected chi connectivity index (χ2v) is 7.69. The molecule has 2 N–H and O–H groups in total. The predicted octanol–water partition coefficient (Wildman–Crippen LogP) is 2.22. The first kappa shape index (κ1) is 20.1. The summed E-state index contributed by atoms with van der Waals surface area (Å²) in [5.41, 5.74) is 1.26. The number of nitrogens with zero attached hydrogens (tertiary/aromatic N) is 4. The Morgan fingerprint density at radius 1 is 1.36 bits per heavy atom. The Bertz CT molecular complexity index is 797. The van der Waals surface area contributed by atoms with Crippen molar-refractivity contribution in [2.45, 2.75) is 39.3 Å². The predicted molar refractivity (Wildman–Crippen MR) is 105 cm³/mol. The van der Waals surface area contributed by atoms with E-state index in [0.717, 1.165) is 31.5 Å². The van der Waals surface area contributed by atoms with Gasteiger partial charge in [0.2, 0.25) is 0 Å². The molecule has 0 atom stereocenters. The molecule has 0 saturated carbocycles. The van der Waals surface area contributed by atoms with E-state index in [1.165, 1.54) is 0 Å². The fourth-order valence-corrected chi connectivity index (χ4v) is 3.33. The Morgan fingerprint density at radius 2 is 2.11 bits per heavy atom. The van der Waals surface area contributed by atoms with Crippen LogP contribution in [-0.4, -0.2) is 57.7 Å². The fraction of sp³-hybridized carbons (Fsp3) is 0.550. The van der Waals surface area contributed by atoms with Crippen LogP contribution in [0, 0.1) is 5.92 Å². The van der Waals surface area contributed by atoms with E-state index in [9.17, 15) is 9.90 Å². The van der Waals surface area contributed by atoms with E-state index >= 15 is 0 Å². The van der Waals surface area contributed by atoms with Crippen molar-refractivity contribution in [1.82, 2.24) is 25.2 Å². The molecular weight excluding hydrogens is 358 g/mol. The van der Waals surface area contributed by atoms with E-state index in [1.54, 1.807) is 19.4 Å². The number of hydrogen-bond acceptors (Lipinski definition) is 6. The lowest BCUT2D eigenvalue weighted by Gasteiger charge is -2.31. The maximum atomic E-state index is 12.1. The molecule has 1 aliphatic heterocycles. The van der Waals surface area contributed by atoms with Gasteiger partial charge in [0, 0.05) is 37.8 Å². The van der Waals surface area contributed by atoms with Crippen molar-refractivity contribution in [3.63, 3.8) is 0 Å². The molecule has 2 heterocycles. The number of methoxy groups -OCH3 is 1. The molecule has 0 bridgehead atoms. The minimum absolute atomic E-state index is 0.174. The summed E-state index contributed by atoms with van der Waals surface area (Å²) in [5, 5.41) is 21.2. The Labute approximate surface area is 165 Å². The minimum Gasteiger partial charge on any atom is -0.507 e. The van der Waals surface area contributed by atoms with E-state index < -0.39 is 0 Å². The zero-order valence-electron chi connectivity index (χ0n) is 16.8. The van der Waals surface area contributed by atoms with Crippen LogP contribution in [0.2, 0.25) is 0 Å². The summed E-state index contributed by atoms with van der Waals surface area (Å²) in [6, 6.07) is 5.64. The van der Waals surface area contributed by atoms with Crippen molar-refractivity contribution in [3.8, 4) is 11.5 Å². The van der Waals surface area contributed by atoms with Gasteiger partial charge in [0.25, 0.3) is 5.91 Å². The monoisotopic (exact) mass is 387 g/mol. The molecule has 1 saturated heterocycles. The summed E-state index contributed by atoms with van der Waals surface area (Å²) in [6.07, 6.45) is 3.59.